The normalized spacial score (nSPS) is 21.9. The highest BCUT2D eigenvalue weighted by molar-refractivity contribution is 6.30. The molecule has 2 aromatic carbocycles. The summed E-state index contributed by atoms with van der Waals surface area (Å²) >= 11 is 6.02. The van der Waals surface area contributed by atoms with Gasteiger partial charge in [0.2, 0.25) is 17.7 Å². The number of hydrogen-bond acceptors (Lipinski definition) is 4. The molecule has 1 fully saturated rings. The summed E-state index contributed by atoms with van der Waals surface area (Å²) in [5.41, 5.74) is 7.74. The van der Waals surface area contributed by atoms with Gasteiger partial charge in [-0.15, -0.1) is 0 Å². The molecule has 1 saturated heterocycles. The predicted octanol–water partition coefficient (Wildman–Crippen LogP) is 2.54. The van der Waals surface area contributed by atoms with Crippen LogP contribution >= 0.6 is 11.6 Å². The SMILES string of the molecule is C[C@@H](c1ccc(Cl)cc1)C1c2cc(C(N)=O)ccc2C(=O)N1C1CCC(=O)NC1=O. The maximum Gasteiger partial charge on any atom is 0.255 e. The highest BCUT2D eigenvalue weighted by Crippen LogP contribution is 2.45. The molecule has 0 spiro atoms. The molecule has 0 radical (unpaired) electrons. The Hall–Kier alpha value is -3.19. The van der Waals surface area contributed by atoms with Gasteiger partial charge >= 0.3 is 0 Å². The average molecular weight is 426 g/mol. The van der Waals surface area contributed by atoms with E-state index in [1.807, 2.05) is 19.1 Å². The van der Waals surface area contributed by atoms with Gasteiger partial charge in [-0.25, -0.2) is 0 Å². The minimum absolute atomic E-state index is 0.158. The second-order valence-electron chi connectivity index (χ2n) is 7.63. The van der Waals surface area contributed by atoms with Gasteiger partial charge in [0.25, 0.3) is 5.91 Å². The van der Waals surface area contributed by atoms with Crippen molar-refractivity contribution in [2.75, 3.05) is 0 Å². The number of carbonyl (C=O) groups excluding carboxylic acids is 4. The number of hydrogen-bond donors (Lipinski definition) is 2. The van der Waals surface area contributed by atoms with Crippen molar-refractivity contribution in [1.82, 2.24) is 10.2 Å². The van der Waals surface area contributed by atoms with E-state index in [0.29, 0.717) is 21.7 Å². The van der Waals surface area contributed by atoms with Gasteiger partial charge < -0.3 is 10.6 Å². The Kier molecular flexibility index (Phi) is 5.07. The first-order chi connectivity index (χ1) is 14.3. The van der Waals surface area contributed by atoms with Gasteiger partial charge in [0.1, 0.15) is 6.04 Å². The van der Waals surface area contributed by atoms with Crippen molar-refractivity contribution in [1.29, 1.82) is 0 Å². The van der Waals surface area contributed by atoms with Gasteiger partial charge in [0, 0.05) is 28.5 Å². The van der Waals surface area contributed by atoms with Crippen LogP contribution < -0.4 is 11.1 Å². The number of fused-ring (bicyclic) bond motifs is 1. The largest absolute Gasteiger partial charge is 0.366 e. The van der Waals surface area contributed by atoms with E-state index in [9.17, 15) is 19.2 Å². The Bertz CT molecular complexity index is 1070. The second-order valence-corrected chi connectivity index (χ2v) is 8.07. The fourth-order valence-electron chi connectivity index (χ4n) is 4.31. The number of nitrogens with two attached hydrogens (primary N) is 1. The number of benzene rings is 2. The molecule has 8 heteroatoms. The molecule has 0 bridgehead atoms. The molecule has 2 aliphatic heterocycles. The van der Waals surface area contributed by atoms with Crippen molar-refractivity contribution in [2.45, 2.75) is 37.8 Å². The lowest BCUT2D eigenvalue weighted by molar-refractivity contribution is -0.137. The molecule has 0 aliphatic carbocycles. The summed E-state index contributed by atoms with van der Waals surface area (Å²) in [6.07, 6.45) is 0.405. The third kappa shape index (κ3) is 3.35. The number of nitrogens with zero attached hydrogens (tertiary/aromatic N) is 1. The molecule has 2 aliphatic rings. The first kappa shape index (κ1) is 20.1. The molecule has 2 heterocycles. The fourth-order valence-corrected chi connectivity index (χ4v) is 4.44. The lowest BCUT2D eigenvalue weighted by atomic mass is 9.86. The maximum absolute atomic E-state index is 13.3. The Morgan fingerprint density at radius 3 is 2.50 bits per heavy atom. The van der Waals surface area contributed by atoms with Gasteiger partial charge in [0.15, 0.2) is 0 Å². The summed E-state index contributed by atoms with van der Waals surface area (Å²) < 4.78 is 0. The van der Waals surface area contributed by atoms with Crippen LogP contribution in [0.4, 0.5) is 0 Å². The van der Waals surface area contributed by atoms with Gasteiger partial charge in [-0.05, 0) is 47.9 Å². The van der Waals surface area contributed by atoms with Crippen molar-refractivity contribution in [2.24, 2.45) is 5.73 Å². The van der Waals surface area contributed by atoms with Gasteiger partial charge in [-0.2, -0.15) is 0 Å². The highest BCUT2D eigenvalue weighted by atomic mass is 35.5. The van der Waals surface area contributed by atoms with E-state index in [2.05, 4.69) is 5.32 Å². The van der Waals surface area contributed by atoms with Crippen LogP contribution in [0.2, 0.25) is 5.02 Å². The zero-order valence-electron chi connectivity index (χ0n) is 16.2. The molecule has 3 N–H and O–H groups in total. The van der Waals surface area contributed by atoms with E-state index in [1.54, 1.807) is 24.3 Å². The molecule has 2 aromatic rings. The van der Waals surface area contributed by atoms with Gasteiger partial charge in [-0.1, -0.05) is 30.7 Å². The molecule has 7 nitrogen and oxygen atoms in total. The summed E-state index contributed by atoms with van der Waals surface area (Å²) in [6, 6.07) is 10.7. The molecule has 3 atom stereocenters. The lowest BCUT2D eigenvalue weighted by Crippen LogP contribution is -2.54. The van der Waals surface area contributed by atoms with E-state index in [4.69, 9.17) is 17.3 Å². The van der Waals surface area contributed by atoms with Crippen molar-refractivity contribution in [3.63, 3.8) is 0 Å². The molecular formula is C22H20ClN3O4. The van der Waals surface area contributed by atoms with Crippen LogP contribution in [0.5, 0.6) is 0 Å². The summed E-state index contributed by atoms with van der Waals surface area (Å²) in [5, 5.41) is 2.92. The number of rotatable bonds is 4. The van der Waals surface area contributed by atoms with E-state index >= 15 is 0 Å². The number of piperidine rings is 1. The summed E-state index contributed by atoms with van der Waals surface area (Å²) in [6.45, 7) is 1.95. The third-order valence-electron chi connectivity index (χ3n) is 5.83. The van der Waals surface area contributed by atoms with Crippen molar-refractivity contribution < 1.29 is 19.2 Å². The van der Waals surface area contributed by atoms with Crippen LogP contribution in [-0.2, 0) is 9.59 Å². The van der Waals surface area contributed by atoms with Crippen molar-refractivity contribution in [3.05, 3.63) is 69.7 Å². The average Bonchev–Trinajstić information content (AvgIpc) is 3.00. The second kappa shape index (κ2) is 7.57. The van der Waals surface area contributed by atoms with E-state index < -0.39 is 23.9 Å². The Morgan fingerprint density at radius 1 is 1.17 bits per heavy atom. The number of amides is 4. The first-order valence-corrected chi connectivity index (χ1v) is 10.0. The quantitative estimate of drug-likeness (QED) is 0.733. The summed E-state index contributed by atoms with van der Waals surface area (Å²) in [5.74, 6) is -1.94. The van der Waals surface area contributed by atoms with Crippen LogP contribution in [0.3, 0.4) is 0 Å². The molecule has 4 rings (SSSR count). The summed E-state index contributed by atoms with van der Waals surface area (Å²) in [4.78, 5) is 50.8. The van der Waals surface area contributed by atoms with Crippen LogP contribution in [0.15, 0.2) is 42.5 Å². The van der Waals surface area contributed by atoms with E-state index in [1.165, 1.54) is 11.0 Å². The predicted molar refractivity (Wildman–Crippen MR) is 110 cm³/mol. The van der Waals surface area contributed by atoms with Crippen molar-refractivity contribution >= 4 is 35.2 Å². The van der Waals surface area contributed by atoms with E-state index in [0.717, 1.165) is 5.56 Å². The Morgan fingerprint density at radius 2 is 1.87 bits per heavy atom. The molecule has 30 heavy (non-hydrogen) atoms. The first-order valence-electron chi connectivity index (χ1n) is 9.63. The lowest BCUT2D eigenvalue weighted by Gasteiger charge is -2.37. The minimum Gasteiger partial charge on any atom is -0.366 e. The van der Waals surface area contributed by atoms with Gasteiger partial charge in [0.05, 0.1) is 6.04 Å². The van der Waals surface area contributed by atoms with Crippen LogP contribution in [0.1, 0.15) is 63.6 Å². The maximum atomic E-state index is 13.3. The van der Waals surface area contributed by atoms with Crippen LogP contribution in [0.25, 0.3) is 0 Å². The molecule has 2 unspecified atom stereocenters. The number of nitrogens with one attached hydrogen (secondary N) is 1. The Labute approximate surface area is 178 Å². The number of imide groups is 1. The molecule has 0 aromatic heterocycles. The topological polar surface area (TPSA) is 110 Å². The number of primary amides is 1. The van der Waals surface area contributed by atoms with Crippen LogP contribution in [0, 0.1) is 0 Å². The minimum atomic E-state index is -0.778. The monoisotopic (exact) mass is 425 g/mol. The molecule has 154 valence electrons. The molecule has 4 amide bonds. The van der Waals surface area contributed by atoms with E-state index in [-0.39, 0.29) is 30.6 Å². The highest BCUT2D eigenvalue weighted by Gasteiger charge is 2.47. The summed E-state index contributed by atoms with van der Waals surface area (Å²) in [7, 11) is 0. The van der Waals surface area contributed by atoms with Crippen molar-refractivity contribution in [3.8, 4) is 0 Å². The smallest absolute Gasteiger partial charge is 0.255 e. The zero-order valence-corrected chi connectivity index (χ0v) is 17.0. The number of carbonyl (C=O) groups is 4. The van der Waals surface area contributed by atoms with Gasteiger partial charge in [-0.3, -0.25) is 24.5 Å². The fraction of sp³-hybridized carbons (Fsp3) is 0.273. The standard InChI is InChI=1S/C22H20ClN3O4/c1-11(12-2-5-14(23)6-3-12)19-16-10-13(20(24)28)4-7-15(16)22(30)26(19)17-8-9-18(27)25-21(17)29/h2-7,10-11,17,19H,8-9H2,1H3,(H2,24,28)(H,25,27,29)/t11-,17?,19?/m0/s1. The number of halogens is 1. The molecule has 0 saturated carbocycles. The third-order valence-corrected chi connectivity index (χ3v) is 6.09. The van der Waals surface area contributed by atoms with Crippen LogP contribution in [-0.4, -0.2) is 34.6 Å². The molecular weight excluding hydrogens is 406 g/mol. The zero-order chi connectivity index (χ0) is 21.6. The Balaban J connectivity index is 1.82.